The van der Waals surface area contributed by atoms with Crippen molar-refractivity contribution in [1.82, 2.24) is 4.98 Å². The van der Waals surface area contributed by atoms with Gasteiger partial charge in [-0.1, -0.05) is 23.2 Å². The van der Waals surface area contributed by atoms with Crippen LogP contribution in [0.25, 0.3) is 0 Å². The molecule has 0 radical (unpaired) electrons. The number of aromatic hydroxyl groups is 1. The van der Waals surface area contributed by atoms with Crippen LogP contribution >= 0.6 is 35.0 Å². The molecule has 0 bridgehead atoms. The van der Waals surface area contributed by atoms with Crippen LogP contribution in [-0.4, -0.2) is 10.1 Å². The van der Waals surface area contributed by atoms with Gasteiger partial charge in [0.05, 0.1) is 5.02 Å². The fourth-order valence-corrected chi connectivity index (χ4v) is 2.75. The lowest BCUT2D eigenvalue weighted by Gasteiger charge is -2.05. The van der Waals surface area contributed by atoms with Crippen LogP contribution in [0.5, 0.6) is 5.75 Å². The van der Waals surface area contributed by atoms with Gasteiger partial charge in [-0.2, -0.15) is 0 Å². The molecule has 0 fully saturated rings. The normalized spacial score (nSPS) is 10.6. The highest BCUT2D eigenvalue weighted by Gasteiger charge is 2.04. The molecular weight excluding hydrogens is 293 g/mol. The van der Waals surface area contributed by atoms with E-state index >= 15 is 0 Å². The van der Waals surface area contributed by atoms with E-state index < -0.39 is 5.43 Å². The molecule has 0 saturated carbocycles. The van der Waals surface area contributed by atoms with Crippen LogP contribution in [0, 0.1) is 0 Å². The summed E-state index contributed by atoms with van der Waals surface area (Å²) >= 11 is 13.3. The molecule has 3 nitrogen and oxygen atoms in total. The predicted molar refractivity (Wildman–Crippen MR) is 74.8 cm³/mol. The molecular formula is C12H9Cl2NO2S. The summed E-state index contributed by atoms with van der Waals surface area (Å²) < 4.78 is 0. The maximum absolute atomic E-state index is 11.2. The predicted octanol–water partition coefficient (Wildman–Crippen LogP) is 3.68. The van der Waals surface area contributed by atoms with Gasteiger partial charge in [0.2, 0.25) is 5.43 Å². The number of benzene rings is 1. The first-order valence-electron chi connectivity index (χ1n) is 5.04. The number of hydrogen-bond acceptors (Lipinski definition) is 3. The zero-order valence-corrected chi connectivity index (χ0v) is 11.4. The van der Waals surface area contributed by atoms with Crippen LogP contribution in [0.2, 0.25) is 10.0 Å². The van der Waals surface area contributed by atoms with Crippen LogP contribution in [0.1, 0.15) is 5.69 Å². The van der Waals surface area contributed by atoms with Crippen molar-refractivity contribution in [3.8, 4) is 5.75 Å². The molecule has 0 unspecified atom stereocenters. The van der Waals surface area contributed by atoms with E-state index in [1.165, 1.54) is 24.0 Å². The van der Waals surface area contributed by atoms with E-state index in [4.69, 9.17) is 28.3 Å². The minimum atomic E-state index is -0.397. The zero-order chi connectivity index (χ0) is 13.1. The Kier molecular flexibility index (Phi) is 4.22. The molecule has 2 aromatic rings. The minimum Gasteiger partial charge on any atom is -0.503 e. The molecule has 1 heterocycles. The summed E-state index contributed by atoms with van der Waals surface area (Å²) in [7, 11) is 0. The minimum absolute atomic E-state index is 0.284. The van der Waals surface area contributed by atoms with E-state index in [-0.39, 0.29) is 5.75 Å². The first kappa shape index (κ1) is 13.3. The monoisotopic (exact) mass is 301 g/mol. The Labute approximate surface area is 118 Å². The molecule has 0 spiro atoms. The smallest absolute Gasteiger partial charge is 0.223 e. The number of thioether (sulfide) groups is 1. The number of hydrogen-bond donors (Lipinski definition) is 2. The number of aromatic amines is 1. The van der Waals surface area contributed by atoms with E-state index in [0.717, 1.165) is 4.90 Å². The molecule has 2 rings (SSSR count). The molecule has 1 aromatic heterocycles. The van der Waals surface area contributed by atoms with Gasteiger partial charge >= 0.3 is 0 Å². The first-order valence-corrected chi connectivity index (χ1v) is 6.79. The molecule has 0 saturated heterocycles. The molecule has 0 atom stereocenters. The second-order valence-electron chi connectivity index (χ2n) is 3.57. The Morgan fingerprint density at radius 3 is 2.72 bits per heavy atom. The van der Waals surface area contributed by atoms with Gasteiger partial charge in [0.15, 0.2) is 5.75 Å². The van der Waals surface area contributed by atoms with Crippen molar-refractivity contribution in [2.24, 2.45) is 0 Å². The van der Waals surface area contributed by atoms with Crippen molar-refractivity contribution < 1.29 is 5.11 Å². The van der Waals surface area contributed by atoms with E-state index in [9.17, 15) is 4.79 Å². The van der Waals surface area contributed by atoms with E-state index in [0.29, 0.717) is 21.5 Å². The number of aromatic nitrogens is 1. The molecule has 0 aliphatic carbocycles. The second-order valence-corrected chi connectivity index (χ2v) is 5.43. The van der Waals surface area contributed by atoms with Gasteiger partial charge in [-0.05, 0) is 18.2 Å². The Bertz CT molecular complexity index is 628. The average molecular weight is 302 g/mol. The number of pyridine rings is 1. The Hall–Kier alpha value is -1.10. The topological polar surface area (TPSA) is 53.1 Å². The molecule has 6 heteroatoms. The molecule has 0 aliphatic rings. The van der Waals surface area contributed by atoms with Gasteiger partial charge in [-0.15, -0.1) is 11.8 Å². The van der Waals surface area contributed by atoms with Crippen LogP contribution in [0.15, 0.2) is 40.2 Å². The van der Waals surface area contributed by atoms with Crippen LogP contribution < -0.4 is 5.43 Å². The van der Waals surface area contributed by atoms with Gasteiger partial charge < -0.3 is 10.1 Å². The molecule has 2 N–H and O–H groups in total. The fraction of sp³-hybridized carbons (Fsp3) is 0.0833. The van der Waals surface area contributed by atoms with Crippen molar-refractivity contribution in [3.63, 3.8) is 0 Å². The maximum atomic E-state index is 11.2. The van der Waals surface area contributed by atoms with E-state index in [2.05, 4.69) is 4.98 Å². The number of halogens is 2. The van der Waals surface area contributed by atoms with Crippen molar-refractivity contribution >= 4 is 35.0 Å². The molecule has 1 aromatic carbocycles. The molecule has 0 amide bonds. The van der Waals surface area contributed by atoms with Gasteiger partial charge in [-0.3, -0.25) is 4.79 Å². The van der Waals surface area contributed by atoms with Crippen LogP contribution in [0.4, 0.5) is 0 Å². The summed E-state index contributed by atoms with van der Waals surface area (Å²) in [6, 6.07) is 6.63. The third-order valence-electron chi connectivity index (χ3n) is 2.23. The number of nitrogens with one attached hydrogen (secondary N) is 1. The summed E-state index contributed by atoms with van der Waals surface area (Å²) in [4.78, 5) is 15.0. The third-order valence-corrected chi connectivity index (χ3v) is 4.01. The van der Waals surface area contributed by atoms with Crippen molar-refractivity contribution in [2.45, 2.75) is 10.6 Å². The van der Waals surface area contributed by atoms with Gasteiger partial charge in [0.25, 0.3) is 0 Å². The highest BCUT2D eigenvalue weighted by Crippen LogP contribution is 2.31. The van der Waals surface area contributed by atoms with Crippen molar-refractivity contribution in [2.75, 3.05) is 0 Å². The quantitative estimate of drug-likeness (QED) is 0.850. The highest BCUT2D eigenvalue weighted by molar-refractivity contribution is 7.98. The summed E-state index contributed by atoms with van der Waals surface area (Å²) in [5.74, 6) is 0.268. The summed E-state index contributed by atoms with van der Waals surface area (Å²) in [6.45, 7) is 0. The highest BCUT2D eigenvalue weighted by atomic mass is 35.5. The Morgan fingerprint density at radius 2 is 2.06 bits per heavy atom. The summed E-state index contributed by atoms with van der Waals surface area (Å²) in [5, 5.41) is 10.3. The summed E-state index contributed by atoms with van der Waals surface area (Å²) in [5.41, 5.74) is 0.320. The summed E-state index contributed by atoms with van der Waals surface area (Å²) in [6.07, 6.45) is 1.28. The van der Waals surface area contributed by atoms with Crippen LogP contribution in [-0.2, 0) is 5.75 Å². The van der Waals surface area contributed by atoms with Crippen molar-refractivity contribution in [1.29, 1.82) is 0 Å². The lowest BCUT2D eigenvalue weighted by Crippen LogP contribution is -2.01. The van der Waals surface area contributed by atoms with Crippen LogP contribution in [0.3, 0.4) is 0 Å². The van der Waals surface area contributed by atoms with Gasteiger partial charge in [0.1, 0.15) is 0 Å². The SMILES string of the molecule is O=c1cc(CSc2ccc(Cl)cc2Cl)[nH]cc1O. The standard InChI is InChI=1S/C12H9Cl2NO2S/c13-7-1-2-12(9(14)3-7)18-6-8-4-10(16)11(17)5-15-8/h1-5,17H,6H2,(H,15,16). The zero-order valence-electron chi connectivity index (χ0n) is 9.11. The molecule has 0 aliphatic heterocycles. The lowest BCUT2D eigenvalue weighted by atomic mass is 10.3. The second kappa shape index (κ2) is 5.69. The number of rotatable bonds is 3. The third kappa shape index (κ3) is 3.22. The average Bonchev–Trinajstić information content (AvgIpc) is 2.32. The molecule has 18 heavy (non-hydrogen) atoms. The maximum Gasteiger partial charge on any atom is 0.223 e. The Morgan fingerprint density at radius 1 is 1.28 bits per heavy atom. The Balaban J connectivity index is 2.11. The van der Waals surface area contributed by atoms with E-state index in [1.54, 1.807) is 12.1 Å². The van der Waals surface area contributed by atoms with Gasteiger partial charge in [0, 0.05) is 33.6 Å². The largest absolute Gasteiger partial charge is 0.503 e. The van der Waals surface area contributed by atoms with E-state index in [1.807, 2.05) is 6.07 Å². The molecule has 94 valence electrons. The lowest BCUT2D eigenvalue weighted by molar-refractivity contribution is 0.467. The fourth-order valence-electron chi connectivity index (χ4n) is 1.34. The first-order chi connectivity index (χ1) is 8.56. The van der Waals surface area contributed by atoms with Gasteiger partial charge in [-0.25, -0.2) is 0 Å². The number of H-pyrrole nitrogens is 1. The van der Waals surface area contributed by atoms with Crippen molar-refractivity contribution in [3.05, 3.63) is 56.4 Å².